The summed E-state index contributed by atoms with van der Waals surface area (Å²) in [6.07, 6.45) is 6.56. The van der Waals surface area contributed by atoms with Crippen molar-refractivity contribution >= 4 is 43.5 Å². The van der Waals surface area contributed by atoms with E-state index in [0.29, 0.717) is 0 Å². The molecule has 1 nitrogen and oxygen atoms in total. The maximum Gasteiger partial charge on any atom is 0.135 e. The number of fused-ring (bicyclic) bond motifs is 1. The van der Waals surface area contributed by atoms with Gasteiger partial charge in [-0.25, -0.2) is 4.98 Å². The van der Waals surface area contributed by atoms with Gasteiger partial charge in [0.1, 0.15) is 9.02 Å². The monoisotopic (exact) mass is 307 g/mol. The van der Waals surface area contributed by atoms with Gasteiger partial charge in [0.2, 0.25) is 0 Å². The lowest BCUT2D eigenvalue weighted by Crippen LogP contribution is -1.82. The van der Waals surface area contributed by atoms with Crippen LogP contribution in [-0.2, 0) is 6.42 Å². The van der Waals surface area contributed by atoms with Crippen LogP contribution in [0.3, 0.4) is 0 Å². The molecule has 3 rings (SSSR count). The minimum atomic E-state index is 1.16. The van der Waals surface area contributed by atoms with Crippen LogP contribution < -0.4 is 0 Å². The highest BCUT2D eigenvalue weighted by Gasteiger charge is 2.09. The molecule has 0 aliphatic carbocycles. The summed E-state index contributed by atoms with van der Waals surface area (Å²) >= 11 is 5.45. The van der Waals surface area contributed by atoms with Gasteiger partial charge in [0.15, 0.2) is 0 Å². The standard InChI is InChI=1S/C15H17NS3/c1-2-3-4-5-6-11-9-13(18-10-11)14-16-12-7-8-17-15(12)19-14/h7-10H,2-6H2,1H3. The molecule has 0 aromatic carbocycles. The molecule has 3 aromatic heterocycles. The van der Waals surface area contributed by atoms with Crippen LogP contribution in [-0.4, -0.2) is 4.98 Å². The van der Waals surface area contributed by atoms with Crippen LogP contribution in [0.5, 0.6) is 0 Å². The Hall–Kier alpha value is -0.710. The van der Waals surface area contributed by atoms with E-state index >= 15 is 0 Å². The Kier molecular flexibility index (Phi) is 4.31. The summed E-state index contributed by atoms with van der Waals surface area (Å²) in [5.41, 5.74) is 2.64. The molecule has 0 amide bonds. The Morgan fingerprint density at radius 2 is 2.11 bits per heavy atom. The molecule has 0 aliphatic heterocycles. The molecule has 0 saturated carbocycles. The first-order valence-corrected chi connectivity index (χ1v) is 9.36. The summed E-state index contributed by atoms with van der Waals surface area (Å²) in [5.74, 6) is 0. The smallest absolute Gasteiger partial charge is 0.135 e. The van der Waals surface area contributed by atoms with Crippen molar-refractivity contribution in [3.8, 4) is 9.88 Å². The number of hydrogen-bond donors (Lipinski definition) is 0. The number of nitrogens with zero attached hydrogens (tertiary/aromatic N) is 1. The molecule has 0 aliphatic rings. The second kappa shape index (κ2) is 6.16. The number of unbranched alkanes of at least 4 members (excludes halogenated alkanes) is 3. The number of thiazole rings is 1. The van der Waals surface area contributed by atoms with Gasteiger partial charge >= 0.3 is 0 Å². The van der Waals surface area contributed by atoms with Crippen LogP contribution in [0, 0.1) is 0 Å². The van der Waals surface area contributed by atoms with E-state index in [2.05, 4.69) is 29.8 Å². The van der Waals surface area contributed by atoms with Crippen LogP contribution in [0.4, 0.5) is 0 Å². The Bertz CT molecular complexity index is 618. The molecule has 0 N–H and O–H groups in total. The van der Waals surface area contributed by atoms with Crippen molar-refractivity contribution in [2.75, 3.05) is 0 Å². The lowest BCUT2D eigenvalue weighted by Gasteiger charge is -1.96. The SMILES string of the molecule is CCCCCCc1csc(-c2nc3ccsc3s2)c1. The second-order valence-corrected chi connectivity index (χ2v) is 7.83. The summed E-state index contributed by atoms with van der Waals surface area (Å²) in [4.78, 5) is 6.04. The molecule has 0 radical (unpaired) electrons. The lowest BCUT2D eigenvalue weighted by atomic mass is 10.1. The molecule has 0 atom stereocenters. The second-order valence-electron chi connectivity index (χ2n) is 4.74. The summed E-state index contributed by atoms with van der Waals surface area (Å²) in [5, 5.41) is 5.61. The van der Waals surface area contributed by atoms with Crippen LogP contribution in [0.2, 0.25) is 0 Å². The Morgan fingerprint density at radius 1 is 1.16 bits per heavy atom. The van der Waals surface area contributed by atoms with Gasteiger partial charge in [-0.15, -0.1) is 34.0 Å². The topological polar surface area (TPSA) is 12.9 Å². The van der Waals surface area contributed by atoms with Gasteiger partial charge in [-0.3, -0.25) is 0 Å². The number of aromatic nitrogens is 1. The first kappa shape index (κ1) is 13.3. The van der Waals surface area contributed by atoms with Crippen LogP contribution in [0.25, 0.3) is 19.4 Å². The maximum atomic E-state index is 4.71. The molecular weight excluding hydrogens is 290 g/mol. The van der Waals surface area contributed by atoms with E-state index in [-0.39, 0.29) is 0 Å². The van der Waals surface area contributed by atoms with Crippen molar-refractivity contribution in [1.29, 1.82) is 0 Å². The third kappa shape index (κ3) is 3.07. The van der Waals surface area contributed by atoms with Crippen LogP contribution >= 0.6 is 34.0 Å². The highest BCUT2D eigenvalue weighted by molar-refractivity contribution is 7.39. The van der Waals surface area contributed by atoms with Crippen molar-refractivity contribution in [3.05, 3.63) is 28.5 Å². The van der Waals surface area contributed by atoms with Crippen molar-refractivity contribution in [3.63, 3.8) is 0 Å². The van der Waals surface area contributed by atoms with Gasteiger partial charge in [0, 0.05) is 0 Å². The van der Waals surface area contributed by atoms with Crippen molar-refractivity contribution < 1.29 is 0 Å². The Morgan fingerprint density at radius 3 is 2.95 bits per heavy atom. The maximum absolute atomic E-state index is 4.71. The number of hydrogen-bond acceptors (Lipinski definition) is 4. The Labute approximate surface area is 126 Å². The summed E-state index contributed by atoms with van der Waals surface area (Å²) in [6.45, 7) is 2.26. The average molecular weight is 308 g/mol. The van der Waals surface area contributed by atoms with E-state index < -0.39 is 0 Å². The highest BCUT2D eigenvalue weighted by Crippen LogP contribution is 2.36. The normalized spacial score (nSPS) is 11.4. The average Bonchev–Trinajstić information content (AvgIpc) is 3.08. The van der Waals surface area contributed by atoms with E-state index in [4.69, 9.17) is 4.98 Å². The first-order chi connectivity index (χ1) is 9.36. The van der Waals surface area contributed by atoms with Gasteiger partial charge < -0.3 is 0 Å². The van der Waals surface area contributed by atoms with Crippen molar-refractivity contribution in [2.45, 2.75) is 39.0 Å². The molecule has 0 bridgehead atoms. The third-order valence-corrected chi connectivity index (χ3v) is 6.45. The third-order valence-electron chi connectivity index (χ3n) is 3.21. The zero-order chi connectivity index (χ0) is 13.1. The quantitative estimate of drug-likeness (QED) is 0.493. The highest BCUT2D eigenvalue weighted by atomic mass is 32.2. The van der Waals surface area contributed by atoms with Gasteiger partial charge in [0.25, 0.3) is 0 Å². The summed E-state index contributed by atoms with van der Waals surface area (Å²) in [6, 6.07) is 4.44. The minimum Gasteiger partial charge on any atom is -0.234 e. The fraction of sp³-hybridized carbons (Fsp3) is 0.400. The van der Waals surface area contributed by atoms with Gasteiger partial charge in [-0.2, -0.15) is 0 Å². The van der Waals surface area contributed by atoms with Gasteiger partial charge in [0.05, 0.1) is 10.4 Å². The predicted molar refractivity (Wildman–Crippen MR) is 88.7 cm³/mol. The fourth-order valence-electron chi connectivity index (χ4n) is 2.15. The van der Waals surface area contributed by atoms with E-state index in [9.17, 15) is 0 Å². The van der Waals surface area contributed by atoms with Gasteiger partial charge in [-0.1, -0.05) is 26.2 Å². The molecule has 3 aromatic rings. The molecule has 0 saturated heterocycles. The van der Waals surface area contributed by atoms with Crippen LogP contribution in [0.15, 0.2) is 22.9 Å². The van der Waals surface area contributed by atoms with E-state index in [0.717, 1.165) is 5.52 Å². The van der Waals surface area contributed by atoms with Crippen LogP contribution in [0.1, 0.15) is 38.2 Å². The first-order valence-electron chi connectivity index (χ1n) is 6.78. The van der Waals surface area contributed by atoms with Crippen molar-refractivity contribution in [1.82, 2.24) is 4.98 Å². The molecular formula is C15H17NS3. The fourth-order valence-corrected chi connectivity index (χ4v) is 5.10. The molecule has 0 unspecified atom stereocenters. The summed E-state index contributed by atoms with van der Waals surface area (Å²) < 4.78 is 1.34. The molecule has 100 valence electrons. The molecule has 19 heavy (non-hydrogen) atoms. The zero-order valence-electron chi connectivity index (χ0n) is 11.0. The summed E-state index contributed by atoms with van der Waals surface area (Å²) in [7, 11) is 0. The largest absolute Gasteiger partial charge is 0.234 e. The van der Waals surface area contributed by atoms with E-state index in [1.165, 1.54) is 51.6 Å². The number of thiophene rings is 2. The molecule has 4 heteroatoms. The van der Waals surface area contributed by atoms with E-state index in [1.807, 2.05) is 22.7 Å². The lowest BCUT2D eigenvalue weighted by molar-refractivity contribution is 0.667. The molecule has 0 spiro atoms. The number of rotatable bonds is 6. The van der Waals surface area contributed by atoms with E-state index in [1.54, 1.807) is 11.3 Å². The zero-order valence-corrected chi connectivity index (χ0v) is 13.5. The predicted octanol–water partition coefficient (Wildman–Crippen LogP) is 6.21. The number of aryl methyl sites for hydroxylation is 1. The molecule has 0 fully saturated rings. The van der Waals surface area contributed by atoms with Gasteiger partial charge in [-0.05, 0) is 41.3 Å². The Balaban J connectivity index is 1.68. The van der Waals surface area contributed by atoms with Crippen molar-refractivity contribution in [2.24, 2.45) is 0 Å². The molecule has 3 heterocycles. The minimum absolute atomic E-state index is 1.16.